The van der Waals surface area contributed by atoms with Gasteiger partial charge in [0.25, 0.3) is 0 Å². The average molecular weight is 384 g/mol. The van der Waals surface area contributed by atoms with Crippen LogP contribution in [0.5, 0.6) is 0 Å². The van der Waals surface area contributed by atoms with Crippen LogP contribution in [-0.4, -0.2) is 50.5 Å². The van der Waals surface area contributed by atoms with Gasteiger partial charge in [0.05, 0.1) is 23.5 Å². The van der Waals surface area contributed by atoms with E-state index < -0.39 is 0 Å². The Labute approximate surface area is 160 Å². The fraction of sp³-hybridized carbons (Fsp3) is 0.389. The minimum atomic E-state index is -0.0422. The molecule has 1 saturated heterocycles. The lowest BCUT2D eigenvalue weighted by molar-refractivity contribution is -0.117. The molecule has 1 atom stereocenters. The molecule has 1 N–H and O–H groups in total. The molecule has 3 aromatic rings. The number of hydrogen-bond acceptors (Lipinski definition) is 8. The molecular formula is C18H20N6O2S. The number of aromatic nitrogens is 4. The van der Waals surface area contributed by atoms with Gasteiger partial charge in [-0.15, -0.1) is 11.3 Å². The summed E-state index contributed by atoms with van der Waals surface area (Å²) in [5.41, 5.74) is 2.65. The van der Waals surface area contributed by atoms with E-state index in [4.69, 9.17) is 4.52 Å². The second-order valence-corrected chi connectivity index (χ2v) is 7.51. The van der Waals surface area contributed by atoms with Crippen molar-refractivity contribution in [2.24, 2.45) is 0 Å². The molecule has 140 valence electrons. The van der Waals surface area contributed by atoms with E-state index in [1.54, 1.807) is 18.7 Å². The first-order valence-electron chi connectivity index (χ1n) is 8.84. The summed E-state index contributed by atoms with van der Waals surface area (Å²) >= 11 is 1.42. The molecule has 0 aromatic carbocycles. The van der Waals surface area contributed by atoms with E-state index in [0.29, 0.717) is 17.4 Å². The van der Waals surface area contributed by atoms with Crippen molar-refractivity contribution < 1.29 is 9.32 Å². The predicted octanol–water partition coefficient (Wildman–Crippen LogP) is 2.71. The van der Waals surface area contributed by atoms with Crippen molar-refractivity contribution in [3.8, 4) is 11.3 Å². The van der Waals surface area contributed by atoms with Crippen molar-refractivity contribution >= 4 is 22.4 Å². The molecule has 4 rings (SSSR count). The zero-order valence-corrected chi connectivity index (χ0v) is 15.8. The van der Waals surface area contributed by atoms with E-state index in [0.717, 1.165) is 42.9 Å². The summed E-state index contributed by atoms with van der Waals surface area (Å²) < 4.78 is 5.42. The summed E-state index contributed by atoms with van der Waals surface area (Å²) in [6.45, 7) is 3.89. The van der Waals surface area contributed by atoms with E-state index in [1.165, 1.54) is 11.3 Å². The smallest absolute Gasteiger partial charge is 0.240 e. The normalized spacial score (nSPS) is 17.7. The summed E-state index contributed by atoms with van der Waals surface area (Å²) in [4.78, 5) is 27.2. The number of anilines is 1. The van der Waals surface area contributed by atoms with Crippen molar-refractivity contribution in [1.29, 1.82) is 0 Å². The van der Waals surface area contributed by atoms with E-state index in [-0.39, 0.29) is 11.8 Å². The largest absolute Gasteiger partial charge is 0.356 e. The van der Waals surface area contributed by atoms with Crippen molar-refractivity contribution in [3.05, 3.63) is 41.6 Å². The quantitative estimate of drug-likeness (QED) is 0.722. The summed E-state index contributed by atoms with van der Waals surface area (Å²) in [6, 6.07) is 1.89. The first-order valence-corrected chi connectivity index (χ1v) is 9.72. The van der Waals surface area contributed by atoms with E-state index >= 15 is 0 Å². The molecule has 1 fully saturated rings. The Bertz CT molecular complexity index is 910. The molecule has 3 aromatic heterocycles. The second-order valence-electron chi connectivity index (χ2n) is 6.61. The van der Waals surface area contributed by atoms with Crippen molar-refractivity contribution in [3.63, 3.8) is 0 Å². The molecular weight excluding hydrogens is 364 g/mol. The van der Waals surface area contributed by atoms with E-state index in [2.05, 4.69) is 30.3 Å². The highest BCUT2D eigenvalue weighted by Crippen LogP contribution is 2.32. The van der Waals surface area contributed by atoms with Gasteiger partial charge in [-0.05, 0) is 26.3 Å². The van der Waals surface area contributed by atoms with Crippen LogP contribution in [0.3, 0.4) is 0 Å². The molecule has 4 heterocycles. The lowest BCUT2D eigenvalue weighted by Crippen LogP contribution is -2.40. The molecule has 0 bridgehead atoms. The third kappa shape index (κ3) is 4.20. The molecule has 0 radical (unpaired) electrons. The van der Waals surface area contributed by atoms with Crippen LogP contribution in [0.25, 0.3) is 11.3 Å². The maximum absolute atomic E-state index is 12.3. The Morgan fingerprint density at radius 2 is 2.37 bits per heavy atom. The number of amides is 1. The summed E-state index contributed by atoms with van der Waals surface area (Å²) in [6.07, 6.45) is 7.04. The number of aryl methyl sites for hydroxylation is 1. The number of nitrogens with one attached hydrogen (secondary N) is 1. The zero-order valence-electron chi connectivity index (χ0n) is 15.0. The Balaban J connectivity index is 1.46. The highest BCUT2D eigenvalue weighted by Gasteiger charge is 2.27. The zero-order chi connectivity index (χ0) is 18.6. The van der Waals surface area contributed by atoms with Crippen LogP contribution in [-0.2, 0) is 4.79 Å². The van der Waals surface area contributed by atoms with E-state index in [9.17, 15) is 4.79 Å². The van der Waals surface area contributed by atoms with Crippen LogP contribution >= 0.6 is 11.3 Å². The lowest BCUT2D eigenvalue weighted by Gasteiger charge is -2.32. The van der Waals surface area contributed by atoms with Gasteiger partial charge < -0.3 is 9.84 Å². The predicted molar refractivity (Wildman–Crippen MR) is 101 cm³/mol. The van der Waals surface area contributed by atoms with Crippen LogP contribution in [0, 0.1) is 6.92 Å². The molecule has 0 aliphatic carbocycles. The number of piperidine rings is 1. The SMILES string of the molecule is Cc1cc(-c2cncnc2[C@@H]2CCCN(CC(=O)Nc3nccs3)C2)on1. The second kappa shape index (κ2) is 7.93. The highest BCUT2D eigenvalue weighted by atomic mass is 32.1. The van der Waals surface area contributed by atoms with Crippen LogP contribution in [0.15, 0.2) is 34.7 Å². The third-order valence-corrected chi connectivity index (χ3v) is 5.26. The van der Waals surface area contributed by atoms with E-state index in [1.807, 2.05) is 18.4 Å². The fourth-order valence-corrected chi connectivity index (χ4v) is 3.96. The number of thiazole rings is 1. The van der Waals surface area contributed by atoms with Gasteiger partial charge in [-0.25, -0.2) is 15.0 Å². The molecule has 8 nitrogen and oxygen atoms in total. The minimum Gasteiger partial charge on any atom is -0.356 e. The Kier molecular flexibility index (Phi) is 5.21. The van der Waals surface area contributed by atoms with Gasteiger partial charge in [0, 0.05) is 36.3 Å². The number of carbonyl (C=O) groups excluding carboxylic acids is 1. The van der Waals surface area contributed by atoms with Gasteiger partial charge in [-0.1, -0.05) is 5.16 Å². The molecule has 0 saturated carbocycles. The molecule has 0 spiro atoms. The van der Waals surface area contributed by atoms with Crippen molar-refractivity contribution in [2.75, 3.05) is 25.0 Å². The first-order chi connectivity index (χ1) is 13.2. The number of likely N-dealkylation sites (tertiary alicyclic amines) is 1. The Hall–Kier alpha value is -2.65. The number of nitrogens with zero attached hydrogens (tertiary/aromatic N) is 5. The number of hydrogen-bond donors (Lipinski definition) is 1. The van der Waals surface area contributed by atoms with Gasteiger partial charge in [0.2, 0.25) is 5.91 Å². The summed E-state index contributed by atoms with van der Waals surface area (Å²) in [7, 11) is 0. The highest BCUT2D eigenvalue weighted by molar-refractivity contribution is 7.13. The standard InChI is InChI=1S/C18H20N6O2S/c1-12-7-15(26-23-12)14-8-19-11-21-17(14)13-3-2-5-24(9-13)10-16(25)22-18-20-4-6-27-18/h4,6-8,11,13H,2-3,5,9-10H2,1H3,(H,20,22,25)/t13-/m1/s1. The van der Waals surface area contributed by atoms with Gasteiger partial charge >= 0.3 is 0 Å². The van der Waals surface area contributed by atoms with Crippen LogP contribution in [0.2, 0.25) is 0 Å². The van der Waals surface area contributed by atoms with Crippen LogP contribution < -0.4 is 5.32 Å². The maximum atomic E-state index is 12.3. The lowest BCUT2D eigenvalue weighted by atomic mass is 9.91. The van der Waals surface area contributed by atoms with Gasteiger partial charge in [0.1, 0.15) is 6.33 Å². The van der Waals surface area contributed by atoms with Gasteiger partial charge in [-0.3, -0.25) is 9.69 Å². The van der Waals surface area contributed by atoms with Gasteiger partial charge in [0.15, 0.2) is 10.9 Å². The van der Waals surface area contributed by atoms with Crippen molar-refractivity contribution in [1.82, 2.24) is 25.0 Å². The number of rotatable bonds is 5. The molecule has 0 unspecified atom stereocenters. The monoisotopic (exact) mass is 384 g/mol. The molecule has 1 amide bonds. The van der Waals surface area contributed by atoms with Gasteiger partial charge in [-0.2, -0.15) is 0 Å². The molecule has 27 heavy (non-hydrogen) atoms. The topological polar surface area (TPSA) is 97.0 Å². The van der Waals surface area contributed by atoms with Crippen LogP contribution in [0.1, 0.15) is 30.1 Å². The minimum absolute atomic E-state index is 0.0422. The first kappa shape index (κ1) is 17.7. The fourth-order valence-electron chi connectivity index (χ4n) is 3.41. The third-order valence-electron chi connectivity index (χ3n) is 4.57. The molecule has 9 heteroatoms. The van der Waals surface area contributed by atoms with Crippen LogP contribution in [0.4, 0.5) is 5.13 Å². The Morgan fingerprint density at radius 3 is 3.15 bits per heavy atom. The number of carbonyl (C=O) groups is 1. The van der Waals surface area contributed by atoms with Crippen molar-refractivity contribution in [2.45, 2.75) is 25.7 Å². The molecule has 1 aliphatic rings. The average Bonchev–Trinajstić information content (AvgIpc) is 3.33. The Morgan fingerprint density at radius 1 is 1.44 bits per heavy atom. The summed E-state index contributed by atoms with van der Waals surface area (Å²) in [5, 5.41) is 9.29. The summed E-state index contributed by atoms with van der Waals surface area (Å²) in [5.74, 6) is 0.857. The maximum Gasteiger partial charge on any atom is 0.240 e. The molecule has 1 aliphatic heterocycles.